The van der Waals surface area contributed by atoms with Gasteiger partial charge in [0.05, 0.1) is 6.61 Å². The van der Waals surface area contributed by atoms with Gasteiger partial charge in [-0.3, -0.25) is 0 Å². The fourth-order valence-corrected chi connectivity index (χ4v) is 2.54. The second kappa shape index (κ2) is 9.16. The summed E-state index contributed by atoms with van der Waals surface area (Å²) in [5.74, 6) is 1.63. The molecule has 0 amide bonds. The molecular formula is C19H23Cl2NO2. The molecule has 1 N–H and O–H groups in total. The van der Waals surface area contributed by atoms with Crippen molar-refractivity contribution in [2.24, 2.45) is 0 Å². The Morgan fingerprint density at radius 2 is 1.83 bits per heavy atom. The van der Waals surface area contributed by atoms with Crippen LogP contribution in [-0.4, -0.2) is 12.6 Å². The van der Waals surface area contributed by atoms with Crippen molar-refractivity contribution in [3.63, 3.8) is 0 Å². The Hall–Kier alpha value is -1.42. The van der Waals surface area contributed by atoms with Crippen molar-refractivity contribution in [2.75, 3.05) is 6.61 Å². The summed E-state index contributed by atoms with van der Waals surface area (Å²) in [6, 6.07) is 14.5. The van der Waals surface area contributed by atoms with Crippen LogP contribution in [0.2, 0.25) is 5.02 Å². The minimum atomic E-state index is 0. The third kappa shape index (κ3) is 5.30. The van der Waals surface area contributed by atoms with E-state index in [-0.39, 0.29) is 12.4 Å². The fraction of sp³-hybridized carbons (Fsp3) is 0.368. The Morgan fingerprint density at radius 1 is 1.08 bits per heavy atom. The normalized spacial score (nSPS) is 13.2. The van der Waals surface area contributed by atoms with Gasteiger partial charge in [0.1, 0.15) is 6.61 Å². The first-order chi connectivity index (χ1) is 11.3. The van der Waals surface area contributed by atoms with Crippen molar-refractivity contribution in [1.29, 1.82) is 0 Å². The van der Waals surface area contributed by atoms with E-state index in [0.717, 1.165) is 34.2 Å². The van der Waals surface area contributed by atoms with Crippen molar-refractivity contribution in [2.45, 2.75) is 39.0 Å². The first-order valence-corrected chi connectivity index (χ1v) is 8.49. The molecule has 1 aliphatic carbocycles. The summed E-state index contributed by atoms with van der Waals surface area (Å²) >= 11 is 5.93. The first kappa shape index (κ1) is 18.9. The molecule has 5 heteroatoms. The SMILES string of the molecule is CCOc1cccc(CNC2CC2)c1OCc1ccc(Cl)cc1.Cl. The molecule has 2 aromatic rings. The molecule has 3 nitrogen and oxygen atoms in total. The molecule has 3 rings (SSSR count). The number of nitrogens with one attached hydrogen (secondary N) is 1. The largest absolute Gasteiger partial charge is 0.490 e. The Morgan fingerprint density at radius 3 is 2.50 bits per heavy atom. The van der Waals surface area contributed by atoms with Crippen LogP contribution in [-0.2, 0) is 13.2 Å². The Kier molecular flexibility index (Phi) is 7.22. The van der Waals surface area contributed by atoms with Crippen molar-refractivity contribution >= 4 is 24.0 Å². The average Bonchev–Trinajstić information content (AvgIpc) is 3.38. The van der Waals surface area contributed by atoms with Gasteiger partial charge in [-0.15, -0.1) is 12.4 Å². The van der Waals surface area contributed by atoms with Gasteiger partial charge in [0, 0.05) is 23.2 Å². The van der Waals surface area contributed by atoms with Gasteiger partial charge in [-0.2, -0.15) is 0 Å². The van der Waals surface area contributed by atoms with Crippen LogP contribution in [0.25, 0.3) is 0 Å². The highest BCUT2D eigenvalue weighted by molar-refractivity contribution is 6.30. The molecule has 0 aliphatic heterocycles. The Balaban J connectivity index is 0.00000208. The molecular weight excluding hydrogens is 345 g/mol. The van der Waals surface area contributed by atoms with Gasteiger partial charge < -0.3 is 14.8 Å². The molecule has 1 saturated carbocycles. The van der Waals surface area contributed by atoms with Crippen molar-refractivity contribution < 1.29 is 9.47 Å². The van der Waals surface area contributed by atoms with Gasteiger partial charge in [-0.05, 0) is 43.5 Å². The molecule has 0 radical (unpaired) electrons. The van der Waals surface area contributed by atoms with Crippen LogP contribution in [0.4, 0.5) is 0 Å². The standard InChI is InChI=1S/C19H22ClNO2.ClH/c1-2-22-18-5-3-4-15(12-21-17-10-11-17)19(18)23-13-14-6-8-16(20)9-7-14;/h3-9,17,21H,2,10-13H2,1H3;1H. The monoisotopic (exact) mass is 367 g/mol. The van der Waals surface area contributed by atoms with E-state index in [2.05, 4.69) is 11.4 Å². The predicted molar refractivity (Wildman–Crippen MR) is 101 cm³/mol. The number of benzene rings is 2. The van der Waals surface area contributed by atoms with Crippen LogP contribution in [0, 0.1) is 0 Å². The van der Waals surface area contributed by atoms with E-state index in [1.807, 2.05) is 43.3 Å². The van der Waals surface area contributed by atoms with E-state index in [1.54, 1.807) is 0 Å². The molecule has 1 aliphatic rings. The molecule has 0 heterocycles. The Bertz CT molecular complexity index is 642. The molecule has 24 heavy (non-hydrogen) atoms. The highest BCUT2D eigenvalue weighted by Crippen LogP contribution is 2.33. The number of para-hydroxylation sites is 1. The molecule has 2 aromatic carbocycles. The summed E-state index contributed by atoms with van der Waals surface area (Å²) in [7, 11) is 0. The van der Waals surface area contributed by atoms with Gasteiger partial charge in [0.15, 0.2) is 11.5 Å². The fourth-order valence-electron chi connectivity index (χ4n) is 2.41. The lowest BCUT2D eigenvalue weighted by atomic mass is 10.1. The Labute approximate surface area is 154 Å². The van der Waals surface area contributed by atoms with E-state index in [4.69, 9.17) is 21.1 Å². The first-order valence-electron chi connectivity index (χ1n) is 8.11. The lowest BCUT2D eigenvalue weighted by molar-refractivity contribution is 0.266. The van der Waals surface area contributed by atoms with Gasteiger partial charge >= 0.3 is 0 Å². The maximum absolute atomic E-state index is 6.09. The minimum absolute atomic E-state index is 0. The molecule has 130 valence electrons. The third-order valence-electron chi connectivity index (χ3n) is 3.82. The molecule has 0 aromatic heterocycles. The second-order valence-corrected chi connectivity index (χ2v) is 6.18. The summed E-state index contributed by atoms with van der Waals surface area (Å²) < 4.78 is 11.8. The van der Waals surface area contributed by atoms with Crippen molar-refractivity contribution in [3.8, 4) is 11.5 Å². The molecule has 0 spiro atoms. The highest BCUT2D eigenvalue weighted by atomic mass is 35.5. The maximum atomic E-state index is 6.09. The highest BCUT2D eigenvalue weighted by Gasteiger charge is 2.21. The van der Waals surface area contributed by atoms with E-state index < -0.39 is 0 Å². The van der Waals surface area contributed by atoms with E-state index >= 15 is 0 Å². The molecule has 0 atom stereocenters. The van der Waals surface area contributed by atoms with E-state index in [0.29, 0.717) is 19.3 Å². The lowest BCUT2D eigenvalue weighted by Crippen LogP contribution is -2.16. The van der Waals surface area contributed by atoms with Gasteiger partial charge in [0.25, 0.3) is 0 Å². The van der Waals surface area contributed by atoms with Crippen molar-refractivity contribution in [1.82, 2.24) is 5.32 Å². The van der Waals surface area contributed by atoms with Crippen molar-refractivity contribution in [3.05, 3.63) is 58.6 Å². The van der Waals surface area contributed by atoms with Gasteiger partial charge in [0.2, 0.25) is 0 Å². The summed E-state index contributed by atoms with van der Waals surface area (Å²) in [5, 5.41) is 4.27. The number of halogens is 2. The number of rotatable bonds is 8. The van der Waals surface area contributed by atoms with Gasteiger partial charge in [-0.1, -0.05) is 35.9 Å². The molecule has 1 fully saturated rings. The van der Waals surface area contributed by atoms with Crippen LogP contribution in [0.1, 0.15) is 30.9 Å². The molecule has 0 unspecified atom stereocenters. The van der Waals surface area contributed by atoms with Crippen LogP contribution >= 0.6 is 24.0 Å². The summed E-state index contributed by atoms with van der Waals surface area (Å²) in [4.78, 5) is 0. The summed E-state index contributed by atoms with van der Waals surface area (Å²) in [6.07, 6.45) is 2.54. The predicted octanol–water partition coefficient (Wildman–Crippen LogP) is 4.99. The van der Waals surface area contributed by atoms with Crippen LogP contribution in [0.15, 0.2) is 42.5 Å². The average molecular weight is 368 g/mol. The summed E-state index contributed by atoms with van der Waals surface area (Å²) in [6.45, 7) is 3.91. The molecule has 0 saturated heterocycles. The minimum Gasteiger partial charge on any atom is -0.490 e. The number of hydrogen-bond donors (Lipinski definition) is 1. The quantitative estimate of drug-likeness (QED) is 0.712. The topological polar surface area (TPSA) is 30.5 Å². The summed E-state index contributed by atoms with van der Waals surface area (Å²) in [5.41, 5.74) is 2.22. The second-order valence-electron chi connectivity index (χ2n) is 5.75. The van der Waals surface area contributed by atoms with Gasteiger partial charge in [-0.25, -0.2) is 0 Å². The number of ether oxygens (including phenoxy) is 2. The van der Waals surface area contributed by atoms with E-state index in [1.165, 1.54) is 12.8 Å². The zero-order chi connectivity index (χ0) is 16.1. The van der Waals surface area contributed by atoms with Crippen LogP contribution in [0.5, 0.6) is 11.5 Å². The molecule has 0 bridgehead atoms. The van der Waals surface area contributed by atoms with Crippen LogP contribution < -0.4 is 14.8 Å². The zero-order valence-electron chi connectivity index (χ0n) is 13.8. The third-order valence-corrected chi connectivity index (χ3v) is 4.07. The zero-order valence-corrected chi connectivity index (χ0v) is 15.3. The van der Waals surface area contributed by atoms with Crippen LogP contribution in [0.3, 0.4) is 0 Å². The van der Waals surface area contributed by atoms with E-state index in [9.17, 15) is 0 Å². The number of hydrogen-bond acceptors (Lipinski definition) is 3. The lowest BCUT2D eigenvalue weighted by Gasteiger charge is -2.16. The smallest absolute Gasteiger partial charge is 0.166 e. The maximum Gasteiger partial charge on any atom is 0.166 e.